The summed E-state index contributed by atoms with van der Waals surface area (Å²) in [6.07, 6.45) is 6.56. The summed E-state index contributed by atoms with van der Waals surface area (Å²) in [6.45, 7) is 2.46. The largest absolute Gasteiger partial charge is 0.460 e. The summed E-state index contributed by atoms with van der Waals surface area (Å²) >= 11 is 0. The van der Waals surface area contributed by atoms with Crippen LogP contribution in [0.5, 0.6) is 0 Å². The Morgan fingerprint density at radius 3 is 2.92 bits per heavy atom. The number of hydrogen-bond acceptors (Lipinski definition) is 5. The number of rotatable bonds is 1. The number of hydrogen-bond donors (Lipinski definition) is 1. The number of cyclic esters (lactones) is 1. The van der Waals surface area contributed by atoms with Crippen LogP contribution in [0, 0.1) is 0 Å². The quantitative estimate of drug-likeness (QED) is 0.781. The second kappa shape index (κ2) is 5.30. The molecule has 1 aliphatic carbocycles. The molecule has 0 fully saturated rings. The van der Waals surface area contributed by atoms with Crippen molar-refractivity contribution < 1.29 is 14.3 Å². The molecule has 0 aromatic carbocycles. The summed E-state index contributed by atoms with van der Waals surface area (Å²) in [7, 11) is 0. The van der Waals surface area contributed by atoms with Crippen LogP contribution in [-0.4, -0.2) is 16.3 Å². The molecule has 0 saturated carbocycles. The number of carbonyl (C=O) groups is 2. The lowest BCUT2D eigenvalue weighted by Gasteiger charge is -2.28. The highest BCUT2D eigenvalue weighted by Gasteiger charge is 2.38. The van der Waals surface area contributed by atoms with E-state index in [0.717, 1.165) is 28.1 Å². The smallest absolute Gasteiger partial charge is 0.313 e. The van der Waals surface area contributed by atoms with Crippen LogP contribution in [0.25, 0.3) is 0 Å². The molecule has 6 nitrogen and oxygen atoms in total. The van der Waals surface area contributed by atoms with Crippen molar-refractivity contribution in [2.24, 2.45) is 0 Å². The maximum Gasteiger partial charge on any atom is 0.313 e. The molecule has 0 bridgehead atoms. The van der Waals surface area contributed by atoms with Gasteiger partial charge in [-0.1, -0.05) is 13.0 Å². The number of ether oxygens (including phenoxy) is 1. The van der Waals surface area contributed by atoms with Crippen LogP contribution in [0.2, 0.25) is 0 Å². The first-order valence-corrected chi connectivity index (χ1v) is 8.92. The molecule has 1 aromatic heterocycles. The highest BCUT2D eigenvalue weighted by Crippen LogP contribution is 2.39. The van der Waals surface area contributed by atoms with E-state index < -0.39 is 0 Å². The van der Waals surface area contributed by atoms with Gasteiger partial charge in [0.05, 0.1) is 17.5 Å². The second-order valence-corrected chi connectivity index (χ2v) is 7.15. The van der Waals surface area contributed by atoms with Crippen molar-refractivity contribution >= 4 is 11.8 Å². The lowest BCUT2D eigenvalue weighted by molar-refractivity contribution is -0.148. The molecular formula is C20H18N2O4. The Labute approximate surface area is 149 Å². The molecule has 5 rings (SSSR count). The molecule has 3 aliphatic heterocycles. The van der Waals surface area contributed by atoms with Crippen molar-refractivity contribution in [3.63, 3.8) is 0 Å². The number of pyridine rings is 1. The number of fused-ring (bicyclic) bond motifs is 5. The van der Waals surface area contributed by atoms with Gasteiger partial charge in [-0.15, -0.1) is 0 Å². The molecule has 0 amide bonds. The molecule has 6 heteroatoms. The zero-order chi connectivity index (χ0) is 18.0. The van der Waals surface area contributed by atoms with Crippen LogP contribution in [0.4, 0.5) is 0 Å². The predicted octanol–water partition coefficient (Wildman–Crippen LogP) is 1.77. The number of allylic oxidation sites excluding steroid dienone is 3. The number of nitrogens with zero attached hydrogens (tertiary/aromatic N) is 1. The van der Waals surface area contributed by atoms with E-state index in [-0.39, 0.29) is 35.9 Å². The number of nitrogens with one attached hydrogen (secondary N) is 1. The molecule has 0 radical (unpaired) electrons. The lowest BCUT2D eigenvalue weighted by Crippen LogP contribution is -2.33. The molecule has 4 heterocycles. The molecule has 26 heavy (non-hydrogen) atoms. The van der Waals surface area contributed by atoms with Crippen LogP contribution in [0.1, 0.15) is 48.5 Å². The maximum absolute atomic E-state index is 13.0. The van der Waals surface area contributed by atoms with Gasteiger partial charge in [-0.2, -0.15) is 0 Å². The van der Waals surface area contributed by atoms with Crippen molar-refractivity contribution in [3.8, 4) is 0 Å². The fraction of sp³-hybridized carbons (Fsp3) is 0.350. The standard InChI is InChI=1S/C20H18N2O4/c1-2-13-14-7-17-18-11(5-10-6-12(23)3-4-16(10)21-18)8-22(17)19(24)15(14)9-26-20(13)25/h4-7,13,18,21H,2-3,8-9H2,1H3. The fourth-order valence-corrected chi connectivity index (χ4v) is 4.35. The minimum atomic E-state index is -0.379. The van der Waals surface area contributed by atoms with Crippen LogP contribution in [-0.2, 0) is 27.5 Å². The molecular weight excluding hydrogens is 332 g/mol. The monoisotopic (exact) mass is 350 g/mol. The van der Waals surface area contributed by atoms with E-state index in [9.17, 15) is 14.4 Å². The average molecular weight is 350 g/mol. The van der Waals surface area contributed by atoms with Crippen molar-refractivity contribution in [1.82, 2.24) is 9.88 Å². The SMILES string of the molecule is CCC1C(=O)OCc2c1cc1n(c2=O)CC2=CC3=CC(=O)CC=C3NC21. The molecule has 2 unspecified atom stereocenters. The van der Waals surface area contributed by atoms with Crippen LogP contribution >= 0.6 is 0 Å². The third-order valence-corrected chi connectivity index (χ3v) is 5.68. The summed E-state index contributed by atoms with van der Waals surface area (Å²) in [5.41, 5.74) is 5.06. The van der Waals surface area contributed by atoms with Gasteiger partial charge in [0.2, 0.25) is 0 Å². The van der Waals surface area contributed by atoms with Gasteiger partial charge in [-0.25, -0.2) is 0 Å². The Balaban J connectivity index is 1.66. The Bertz CT molecular complexity index is 1020. The van der Waals surface area contributed by atoms with E-state index in [1.165, 1.54) is 0 Å². The third kappa shape index (κ3) is 2.01. The van der Waals surface area contributed by atoms with Gasteiger partial charge in [0, 0.05) is 29.9 Å². The molecule has 132 valence electrons. The maximum atomic E-state index is 13.0. The van der Waals surface area contributed by atoms with E-state index in [1.807, 2.05) is 25.1 Å². The Kier molecular flexibility index (Phi) is 3.13. The van der Waals surface area contributed by atoms with Crippen LogP contribution in [0.15, 0.2) is 45.9 Å². The van der Waals surface area contributed by atoms with Crippen molar-refractivity contribution in [2.45, 2.75) is 44.9 Å². The van der Waals surface area contributed by atoms with Crippen LogP contribution < -0.4 is 10.9 Å². The Morgan fingerprint density at radius 1 is 1.27 bits per heavy atom. The zero-order valence-electron chi connectivity index (χ0n) is 14.4. The first kappa shape index (κ1) is 15.4. The Hall–Kier alpha value is -2.89. The number of aromatic nitrogens is 1. The summed E-state index contributed by atoms with van der Waals surface area (Å²) in [5, 5.41) is 3.47. The predicted molar refractivity (Wildman–Crippen MR) is 93.3 cm³/mol. The molecule has 2 atom stereocenters. The van der Waals surface area contributed by atoms with Gasteiger partial charge < -0.3 is 14.6 Å². The molecule has 0 saturated heterocycles. The van der Waals surface area contributed by atoms with E-state index in [4.69, 9.17) is 4.74 Å². The highest BCUT2D eigenvalue weighted by atomic mass is 16.5. The van der Waals surface area contributed by atoms with Gasteiger partial charge >= 0.3 is 5.97 Å². The zero-order valence-corrected chi connectivity index (χ0v) is 14.4. The van der Waals surface area contributed by atoms with Crippen molar-refractivity contribution in [3.05, 3.63) is 68.3 Å². The second-order valence-electron chi connectivity index (χ2n) is 7.15. The molecule has 1 aromatic rings. The third-order valence-electron chi connectivity index (χ3n) is 5.68. The highest BCUT2D eigenvalue weighted by molar-refractivity contribution is 5.94. The molecule has 0 spiro atoms. The molecule has 4 aliphatic rings. The van der Waals surface area contributed by atoms with Gasteiger partial charge in [0.15, 0.2) is 5.78 Å². The number of ketones is 1. The van der Waals surface area contributed by atoms with E-state index in [1.54, 1.807) is 10.6 Å². The molecule has 1 N–H and O–H groups in total. The average Bonchev–Trinajstić information content (AvgIpc) is 2.98. The van der Waals surface area contributed by atoms with E-state index in [0.29, 0.717) is 24.9 Å². The summed E-state index contributed by atoms with van der Waals surface area (Å²) in [6, 6.07) is 1.90. The first-order valence-electron chi connectivity index (χ1n) is 8.92. The number of esters is 1. The fourth-order valence-electron chi connectivity index (χ4n) is 4.35. The van der Waals surface area contributed by atoms with Crippen molar-refractivity contribution in [2.75, 3.05) is 0 Å². The van der Waals surface area contributed by atoms with Gasteiger partial charge in [0.25, 0.3) is 5.56 Å². The van der Waals surface area contributed by atoms with E-state index in [2.05, 4.69) is 5.32 Å². The summed E-state index contributed by atoms with van der Waals surface area (Å²) in [4.78, 5) is 36.8. The normalized spacial score (nSPS) is 25.7. The first-order chi connectivity index (χ1) is 12.6. The Morgan fingerprint density at radius 2 is 2.12 bits per heavy atom. The topological polar surface area (TPSA) is 77.4 Å². The van der Waals surface area contributed by atoms with Gasteiger partial charge in [0.1, 0.15) is 6.61 Å². The lowest BCUT2D eigenvalue weighted by atomic mass is 9.89. The van der Waals surface area contributed by atoms with Crippen LogP contribution in [0.3, 0.4) is 0 Å². The minimum Gasteiger partial charge on any atom is -0.460 e. The van der Waals surface area contributed by atoms with Crippen molar-refractivity contribution in [1.29, 1.82) is 0 Å². The number of carbonyl (C=O) groups excluding carboxylic acids is 2. The van der Waals surface area contributed by atoms with E-state index >= 15 is 0 Å². The minimum absolute atomic E-state index is 0.0474. The van der Waals surface area contributed by atoms with Gasteiger partial charge in [-0.05, 0) is 35.8 Å². The van der Waals surface area contributed by atoms with Gasteiger partial charge in [-0.3, -0.25) is 14.4 Å². The summed E-state index contributed by atoms with van der Waals surface area (Å²) in [5.74, 6) is -0.546. The summed E-state index contributed by atoms with van der Waals surface area (Å²) < 4.78 is 6.98.